The van der Waals surface area contributed by atoms with E-state index in [2.05, 4.69) is 22.3 Å². The fourth-order valence-corrected chi connectivity index (χ4v) is 4.97. The fraction of sp³-hybridized carbons (Fsp3) is 0.481. The standard InChI is InChI=1S/C27H34F3N3O5S/c1-18(2)23(32-24(34)20-6-5-7-21(16-20)38-27(28,29)30)25(35)33-14-12-26(3,13-15-33)31-17-19-8-10-22(11-9-19)39(4,36)37/h5-11,16,18,23,31H,12-15,17H2,1-4H3,(H,32,34)/t23-/m0/s1. The first kappa shape index (κ1) is 30.4. The number of nitrogens with one attached hydrogen (secondary N) is 2. The normalized spacial score (nSPS) is 16.6. The van der Waals surface area contributed by atoms with Crippen molar-refractivity contribution in [3.8, 4) is 5.75 Å². The smallest absolute Gasteiger partial charge is 0.406 e. The van der Waals surface area contributed by atoms with Gasteiger partial charge in [0, 0.05) is 37.0 Å². The van der Waals surface area contributed by atoms with Crippen molar-refractivity contribution in [3.05, 3.63) is 59.7 Å². The van der Waals surface area contributed by atoms with Crippen molar-refractivity contribution >= 4 is 21.7 Å². The predicted octanol–water partition coefficient (Wildman–Crippen LogP) is 3.91. The van der Waals surface area contributed by atoms with Crippen molar-refractivity contribution in [2.24, 2.45) is 5.92 Å². The molecule has 2 N–H and O–H groups in total. The first-order valence-corrected chi connectivity index (χ1v) is 14.4. The Morgan fingerprint density at radius 1 is 1.08 bits per heavy atom. The van der Waals surface area contributed by atoms with E-state index < -0.39 is 33.9 Å². The highest BCUT2D eigenvalue weighted by Crippen LogP contribution is 2.25. The molecule has 0 bridgehead atoms. The van der Waals surface area contributed by atoms with Gasteiger partial charge >= 0.3 is 6.36 Å². The maximum absolute atomic E-state index is 13.3. The highest BCUT2D eigenvalue weighted by Gasteiger charge is 2.36. The molecule has 1 aliphatic heterocycles. The van der Waals surface area contributed by atoms with Gasteiger partial charge in [0.15, 0.2) is 9.84 Å². The molecule has 0 unspecified atom stereocenters. The van der Waals surface area contributed by atoms with Gasteiger partial charge in [-0.15, -0.1) is 13.2 Å². The van der Waals surface area contributed by atoms with Crippen molar-refractivity contribution < 1.29 is 35.9 Å². The summed E-state index contributed by atoms with van der Waals surface area (Å²) in [6.45, 7) is 7.10. The Morgan fingerprint density at radius 3 is 2.23 bits per heavy atom. The molecule has 0 saturated carbocycles. The third-order valence-corrected chi connectivity index (χ3v) is 7.93. The van der Waals surface area contributed by atoms with E-state index in [1.807, 2.05) is 0 Å². The number of amides is 2. The lowest BCUT2D eigenvalue weighted by Gasteiger charge is -2.41. The molecule has 3 rings (SSSR count). The summed E-state index contributed by atoms with van der Waals surface area (Å²) in [7, 11) is -3.26. The molecule has 12 heteroatoms. The Morgan fingerprint density at radius 2 is 1.69 bits per heavy atom. The number of ether oxygens (including phenoxy) is 1. The second kappa shape index (κ2) is 12.0. The van der Waals surface area contributed by atoms with Crippen LogP contribution < -0.4 is 15.4 Å². The van der Waals surface area contributed by atoms with E-state index in [1.54, 1.807) is 43.0 Å². The van der Waals surface area contributed by atoms with E-state index in [0.717, 1.165) is 24.0 Å². The number of hydrogen-bond acceptors (Lipinski definition) is 6. The lowest BCUT2D eigenvalue weighted by Crippen LogP contribution is -2.57. The van der Waals surface area contributed by atoms with Gasteiger partial charge in [0.05, 0.1) is 4.90 Å². The number of nitrogens with zero attached hydrogens (tertiary/aromatic N) is 1. The van der Waals surface area contributed by atoms with Crippen LogP contribution in [0.5, 0.6) is 5.75 Å². The summed E-state index contributed by atoms with van der Waals surface area (Å²) >= 11 is 0. The minimum absolute atomic E-state index is 0.0461. The fourth-order valence-electron chi connectivity index (χ4n) is 4.34. The summed E-state index contributed by atoms with van der Waals surface area (Å²) < 4.78 is 64.8. The van der Waals surface area contributed by atoms with E-state index >= 15 is 0 Å². The average Bonchev–Trinajstić information content (AvgIpc) is 2.85. The molecule has 2 amide bonds. The molecule has 0 spiro atoms. The van der Waals surface area contributed by atoms with E-state index in [0.29, 0.717) is 32.5 Å². The highest BCUT2D eigenvalue weighted by atomic mass is 32.2. The van der Waals surface area contributed by atoms with Crippen LogP contribution in [-0.2, 0) is 21.2 Å². The molecule has 1 heterocycles. The maximum atomic E-state index is 13.3. The quantitative estimate of drug-likeness (QED) is 0.475. The van der Waals surface area contributed by atoms with E-state index in [1.165, 1.54) is 12.1 Å². The van der Waals surface area contributed by atoms with Gasteiger partial charge in [-0.05, 0) is 61.6 Å². The molecular weight excluding hydrogens is 535 g/mol. The maximum Gasteiger partial charge on any atom is 0.573 e. The number of sulfone groups is 1. The lowest BCUT2D eigenvalue weighted by atomic mass is 9.88. The van der Waals surface area contributed by atoms with E-state index in [4.69, 9.17) is 0 Å². The Bertz CT molecular complexity index is 1270. The van der Waals surface area contributed by atoms with Gasteiger partial charge in [-0.1, -0.05) is 32.0 Å². The third-order valence-electron chi connectivity index (χ3n) is 6.80. The topological polar surface area (TPSA) is 105 Å². The molecule has 214 valence electrons. The molecule has 39 heavy (non-hydrogen) atoms. The predicted molar refractivity (Wildman–Crippen MR) is 140 cm³/mol. The van der Waals surface area contributed by atoms with Gasteiger partial charge in [0.2, 0.25) is 5.91 Å². The molecule has 2 aromatic carbocycles. The van der Waals surface area contributed by atoms with Gasteiger partial charge in [0.25, 0.3) is 5.91 Å². The average molecular weight is 570 g/mol. The van der Waals surface area contributed by atoms with Crippen LogP contribution in [0.4, 0.5) is 13.2 Å². The Labute approximate surface area is 226 Å². The van der Waals surface area contributed by atoms with Gasteiger partial charge < -0.3 is 20.3 Å². The molecule has 1 fully saturated rings. The van der Waals surface area contributed by atoms with Crippen LogP contribution in [0.2, 0.25) is 0 Å². The zero-order valence-corrected chi connectivity index (χ0v) is 23.2. The minimum Gasteiger partial charge on any atom is -0.406 e. The monoisotopic (exact) mass is 569 g/mol. The van der Waals surface area contributed by atoms with Crippen molar-refractivity contribution in [2.75, 3.05) is 19.3 Å². The molecule has 1 atom stereocenters. The second-order valence-corrected chi connectivity index (χ2v) is 12.4. The number of halogens is 3. The summed E-state index contributed by atoms with van der Waals surface area (Å²) in [4.78, 5) is 28.1. The van der Waals surface area contributed by atoms with Gasteiger partial charge in [0.1, 0.15) is 11.8 Å². The number of likely N-dealkylation sites (tertiary alicyclic amines) is 1. The first-order valence-electron chi connectivity index (χ1n) is 12.6. The van der Waals surface area contributed by atoms with Crippen LogP contribution in [0, 0.1) is 5.92 Å². The zero-order chi connectivity index (χ0) is 29.0. The van der Waals surface area contributed by atoms with Gasteiger partial charge in [-0.3, -0.25) is 9.59 Å². The van der Waals surface area contributed by atoms with E-state index in [9.17, 15) is 31.2 Å². The van der Waals surface area contributed by atoms with Crippen LogP contribution >= 0.6 is 0 Å². The number of hydrogen-bond donors (Lipinski definition) is 2. The van der Waals surface area contributed by atoms with Crippen LogP contribution in [0.1, 0.15) is 49.5 Å². The summed E-state index contributed by atoms with van der Waals surface area (Å²) in [6, 6.07) is 10.6. The van der Waals surface area contributed by atoms with Crippen LogP contribution in [0.25, 0.3) is 0 Å². The highest BCUT2D eigenvalue weighted by molar-refractivity contribution is 7.90. The van der Waals surface area contributed by atoms with Crippen LogP contribution in [0.15, 0.2) is 53.4 Å². The van der Waals surface area contributed by atoms with Crippen molar-refractivity contribution in [1.29, 1.82) is 0 Å². The summed E-state index contributed by atoms with van der Waals surface area (Å²) in [5.74, 6) is -1.69. The van der Waals surface area contributed by atoms with E-state index in [-0.39, 0.29) is 27.8 Å². The molecule has 1 aliphatic rings. The van der Waals surface area contributed by atoms with Crippen LogP contribution in [-0.4, -0.2) is 62.4 Å². The Kier molecular flexibility index (Phi) is 9.32. The Balaban J connectivity index is 1.58. The van der Waals surface area contributed by atoms with Crippen molar-refractivity contribution in [3.63, 3.8) is 0 Å². The first-order chi connectivity index (χ1) is 18.1. The summed E-state index contributed by atoms with van der Waals surface area (Å²) in [5.41, 5.74) is 0.645. The lowest BCUT2D eigenvalue weighted by molar-refractivity contribution is -0.274. The molecule has 0 radical (unpaired) electrons. The number of alkyl halides is 3. The molecule has 0 aromatic heterocycles. The molecular formula is C27H34F3N3O5S. The molecule has 2 aromatic rings. The number of carbonyl (C=O) groups excluding carboxylic acids is 2. The molecule has 0 aliphatic carbocycles. The van der Waals surface area contributed by atoms with Crippen molar-refractivity contribution in [2.45, 2.75) is 63.0 Å². The van der Waals surface area contributed by atoms with Crippen LogP contribution in [0.3, 0.4) is 0 Å². The largest absolute Gasteiger partial charge is 0.573 e. The summed E-state index contributed by atoms with van der Waals surface area (Å²) in [6.07, 6.45) is -2.39. The number of piperidine rings is 1. The van der Waals surface area contributed by atoms with Gasteiger partial charge in [-0.25, -0.2) is 8.42 Å². The molecule has 8 nitrogen and oxygen atoms in total. The third kappa shape index (κ3) is 8.69. The van der Waals surface area contributed by atoms with Crippen molar-refractivity contribution in [1.82, 2.24) is 15.5 Å². The number of carbonyl (C=O) groups is 2. The number of rotatable bonds is 9. The second-order valence-electron chi connectivity index (χ2n) is 10.4. The SMILES string of the molecule is CC(C)[C@H](NC(=O)c1cccc(OC(F)(F)F)c1)C(=O)N1CCC(C)(NCc2ccc(S(C)(=O)=O)cc2)CC1. The summed E-state index contributed by atoms with van der Waals surface area (Å²) in [5, 5.41) is 6.19. The molecule has 1 saturated heterocycles. The van der Waals surface area contributed by atoms with Gasteiger partial charge in [-0.2, -0.15) is 0 Å². The minimum atomic E-state index is -4.88. The number of benzene rings is 2. The zero-order valence-electron chi connectivity index (χ0n) is 22.3. The Hall–Kier alpha value is -3.12.